The molecule has 5 nitrogen and oxygen atoms in total. The van der Waals surface area contributed by atoms with Crippen LogP contribution in [0.15, 0.2) is 54.9 Å². The molecule has 0 spiro atoms. The summed E-state index contributed by atoms with van der Waals surface area (Å²) < 4.78 is 0. The van der Waals surface area contributed by atoms with Crippen LogP contribution >= 0.6 is 0 Å². The number of hydrogen-bond donors (Lipinski definition) is 1. The van der Waals surface area contributed by atoms with Gasteiger partial charge in [0.05, 0.1) is 0 Å². The third-order valence-corrected chi connectivity index (χ3v) is 4.36. The summed E-state index contributed by atoms with van der Waals surface area (Å²) in [7, 11) is 0. The van der Waals surface area contributed by atoms with Gasteiger partial charge in [-0.3, -0.25) is 9.78 Å². The van der Waals surface area contributed by atoms with Gasteiger partial charge in [0.25, 0.3) is 5.91 Å². The molecule has 3 heterocycles. The first kappa shape index (κ1) is 13.8. The second-order valence-electron chi connectivity index (χ2n) is 5.75. The van der Waals surface area contributed by atoms with E-state index in [4.69, 9.17) is 0 Å². The maximum atomic E-state index is 12.7. The van der Waals surface area contributed by atoms with E-state index in [-0.39, 0.29) is 5.91 Å². The molecule has 116 valence electrons. The number of aromatic nitrogens is 2. The van der Waals surface area contributed by atoms with Crippen molar-refractivity contribution in [2.24, 2.45) is 0 Å². The lowest BCUT2D eigenvalue weighted by Gasteiger charge is -2.35. The van der Waals surface area contributed by atoms with Gasteiger partial charge in [-0.1, -0.05) is 18.2 Å². The van der Waals surface area contributed by atoms with Crippen LogP contribution in [0.1, 0.15) is 10.5 Å². The number of hydrogen-bond acceptors (Lipinski definition) is 3. The molecule has 0 radical (unpaired) electrons. The Balaban J connectivity index is 1.46. The van der Waals surface area contributed by atoms with Crippen molar-refractivity contribution in [1.29, 1.82) is 0 Å². The van der Waals surface area contributed by atoms with Gasteiger partial charge in [0, 0.05) is 55.2 Å². The summed E-state index contributed by atoms with van der Waals surface area (Å²) in [4.78, 5) is 24.2. The molecule has 1 N–H and O–H groups in total. The normalized spacial score (nSPS) is 15.1. The first-order valence-corrected chi connectivity index (χ1v) is 7.83. The van der Waals surface area contributed by atoms with Crippen molar-refractivity contribution in [3.05, 3.63) is 60.6 Å². The summed E-state index contributed by atoms with van der Waals surface area (Å²) in [6, 6.07) is 13.9. The topological polar surface area (TPSA) is 52.2 Å². The molecule has 0 aliphatic carbocycles. The molecule has 3 aromatic rings. The van der Waals surface area contributed by atoms with E-state index in [1.54, 1.807) is 12.4 Å². The molecule has 0 bridgehead atoms. The van der Waals surface area contributed by atoms with E-state index in [1.165, 1.54) is 0 Å². The Morgan fingerprint density at radius 2 is 1.74 bits per heavy atom. The molecule has 0 unspecified atom stereocenters. The fraction of sp³-hybridized carbons (Fsp3) is 0.222. The summed E-state index contributed by atoms with van der Waals surface area (Å²) in [5, 5.41) is 1.08. The van der Waals surface area contributed by atoms with E-state index in [9.17, 15) is 4.79 Å². The predicted molar refractivity (Wildman–Crippen MR) is 90.7 cm³/mol. The number of benzene rings is 1. The summed E-state index contributed by atoms with van der Waals surface area (Å²) in [5.41, 5.74) is 2.84. The number of carbonyl (C=O) groups is 1. The van der Waals surface area contributed by atoms with Gasteiger partial charge in [-0.25, -0.2) is 0 Å². The van der Waals surface area contributed by atoms with Crippen molar-refractivity contribution < 1.29 is 4.79 Å². The zero-order valence-corrected chi connectivity index (χ0v) is 12.8. The second-order valence-corrected chi connectivity index (χ2v) is 5.75. The molecular formula is C18H18N4O. The van der Waals surface area contributed by atoms with E-state index in [1.807, 2.05) is 47.4 Å². The highest BCUT2D eigenvalue weighted by Gasteiger charge is 2.23. The maximum Gasteiger partial charge on any atom is 0.270 e. The van der Waals surface area contributed by atoms with Crippen LogP contribution in [0.3, 0.4) is 0 Å². The highest BCUT2D eigenvalue weighted by molar-refractivity contribution is 5.98. The van der Waals surface area contributed by atoms with Crippen molar-refractivity contribution in [3.63, 3.8) is 0 Å². The van der Waals surface area contributed by atoms with Gasteiger partial charge >= 0.3 is 0 Å². The number of nitrogens with zero attached hydrogens (tertiary/aromatic N) is 3. The van der Waals surface area contributed by atoms with Crippen LogP contribution in [0.25, 0.3) is 10.9 Å². The minimum Gasteiger partial charge on any atom is -0.368 e. The molecule has 4 rings (SSSR count). The lowest BCUT2D eigenvalue weighted by molar-refractivity contribution is 0.0742. The Morgan fingerprint density at radius 1 is 1.00 bits per heavy atom. The molecule has 2 aromatic heterocycles. The van der Waals surface area contributed by atoms with Crippen molar-refractivity contribution in [3.8, 4) is 0 Å². The van der Waals surface area contributed by atoms with Gasteiger partial charge in [-0.2, -0.15) is 0 Å². The molecule has 0 atom stereocenters. The van der Waals surface area contributed by atoms with Crippen LogP contribution in [0.4, 0.5) is 5.69 Å². The Labute approximate surface area is 134 Å². The maximum absolute atomic E-state index is 12.7. The van der Waals surface area contributed by atoms with Crippen molar-refractivity contribution in [2.75, 3.05) is 31.1 Å². The number of aromatic amines is 1. The summed E-state index contributed by atoms with van der Waals surface area (Å²) in [6.07, 6.45) is 3.61. The number of fused-ring (bicyclic) bond motifs is 1. The molecule has 0 saturated carbocycles. The van der Waals surface area contributed by atoms with Gasteiger partial charge in [-0.05, 0) is 24.3 Å². The highest BCUT2D eigenvalue weighted by Crippen LogP contribution is 2.18. The number of nitrogens with one attached hydrogen (secondary N) is 1. The number of piperazine rings is 1. The first-order chi connectivity index (χ1) is 11.3. The quantitative estimate of drug-likeness (QED) is 0.791. The van der Waals surface area contributed by atoms with Gasteiger partial charge < -0.3 is 14.8 Å². The third kappa shape index (κ3) is 2.65. The van der Waals surface area contributed by atoms with E-state index < -0.39 is 0 Å². The average molecular weight is 306 g/mol. The predicted octanol–water partition coefficient (Wildman–Crippen LogP) is 2.53. The molecule has 23 heavy (non-hydrogen) atoms. The van der Waals surface area contributed by atoms with E-state index in [2.05, 4.69) is 14.9 Å². The van der Waals surface area contributed by atoms with E-state index >= 15 is 0 Å². The summed E-state index contributed by atoms with van der Waals surface area (Å²) in [5.74, 6) is 0.0792. The number of amides is 1. The summed E-state index contributed by atoms with van der Waals surface area (Å²) in [6.45, 7) is 3.15. The van der Waals surface area contributed by atoms with Crippen LogP contribution in [-0.2, 0) is 0 Å². The Hall–Kier alpha value is -2.82. The number of pyridine rings is 1. The average Bonchev–Trinajstić information content (AvgIpc) is 3.06. The van der Waals surface area contributed by atoms with E-state index in [0.717, 1.165) is 42.8 Å². The van der Waals surface area contributed by atoms with Crippen molar-refractivity contribution in [2.45, 2.75) is 0 Å². The largest absolute Gasteiger partial charge is 0.368 e. The molecule has 1 aliphatic rings. The van der Waals surface area contributed by atoms with Crippen LogP contribution in [0.2, 0.25) is 0 Å². The van der Waals surface area contributed by atoms with Crippen LogP contribution in [0, 0.1) is 0 Å². The SMILES string of the molecule is O=C(c1cc2ccccc2[nH]1)N1CCN(c2ccncc2)CC1. The number of para-hydroxylation sites is 1. The third-order valence-electron chi connectivity index (χ3n) is 4.36. The molecule has 5 heteroatoms. The minimum atomic E-state index is 0.0792. The number of H-pyrrole nitrogens is 1. The lowest BCUT2D eigenvalue weighted by Crippen LogP contribution is -2.48. The van der Waals surface area contributed by atoms with Gasteiger partial charge in [0.1, 0.15) is 5.69 Å². The molecule has 1 aliphatic heterocycles. The second kappa shape index (κ2) is 5.76. The minimum absolute atomic E-state index is 0.0792. The Bertz CT molecular complexity index is 786. The summed E-state index contributed by atoms with van der Waals surface area (Å²) >= 11 is 0. The van der Waals surface area contributed by atoms with Crippen molar-refractivity contribution >= 4 is 22.5 Å². The number of rotatable bonds is 2. The van der Waals surface area contributed by atoms with Gasteiger partial charge in [0.2, 0.25) is 0 Å². The smallest absolute Gasteiger partial charge is 0.270 e. The van der Waals surface area contributed by atoms with Gasteiger partial charge in [0.15, 0.2) is 0 Å². The molecular weight excluding hydrogens is 288 g/mol. The molecule has 1 saturated heterocycles. The number of carbonyl (C=O) groups excluding carboxylic acids is 1. The van der Waals surface area contributed by atoms with E-state index in [0.29, 0.717) is 5.69 Å². The molecule has 1 aromatic carbocycles. The fourth-order valence-corrected chi connectivity index (χ4v) is 3.08. The lowest BCUT2D eigenvalue weighted by atomic mass is 10.2. The monoisotopic (exact) mass is 306 g/mol. The molecule has 1 amide bonds. The fourth-order valence-electron chi connectivity index (χ4n) is 3.08. The molecule has 1 fully saturated rings. The highest BCUT2D eigenvalue weighted by atomic mass is 16.2. The van der Waals surface area contributed by atoms with Gasteiger partial charge in [-0.15, -0.1) is 0 Å². The van der Waals surface area contributed by atoms with Crippen LogP contribution < -0.4 is 4.90 Å². The zero-order valence-electron chi connectivity index (χ0n) is 12.8. The Morgan fingerprint density at radius 3 is 2.48 bits per heavy atom. The van der Waals surface area contributed by atoms with Crippen LogP contribution in [0.5, 0.6) is 0 Å². The standard InChI is InChI=1S/C18H18N4O/c23-18(17-13-14-3-1-2-4-16(14)20-17)22-11-9-21(10-12-22)15-5-7-19-8-6-15/h1-8,13,20H,9-12H2. The number of anilines is 1. The zero-order chi connectivity index (χ0) is 15.6. The Kier molecular flexibility index (Phi) is 3.46. The van der Waals surface area contributed by atoms with Crippen LogP contribution in [-0.4, -0.2) is 47.0 Å². The first-order valence-electron chi connectivity index (χ1n) is 7.83. The van der Waals surface area contributed by atoms with Crippen molar-refractivity contribution in [1.82, 2.24) is 14.9 Å².